The number of non-ortho nitro benzene ring substituents is 1. The van der Waals surface area contributed by atoms with Gasteiger partial charge in [0.25, 0.3) is 5.69 Å². The molecule has 9 nitrogen and oxygen atoms in total. The summed E-state index contributed by atoms with van der Waals surface area (Å²) >= 11 is 0. The van der Waals surface area contributed by atoms with E-state index in [-0.39, 0.29) is 23.0 Å². The summed E-state index contributed by atoms with van der Waals surface area (Å²) in [6.45, 7) is 3.51. The number of nitro groups is 1. The third-order valence-electron chi connectivity index (χ3n) is 4.18. The fourth-order valence-corrected chi connectivity index (χ4v) is 2.62. The van der Waals surface area contributed by atoms with Crippen molar-refractivity contribution in [1.82, 2.24) is 9.78 Å². The van der Waals surface area contributed by atoms with E-state index in [4.69, 9.17) is 9.47 Å². The number of anilines is 1. The number of ether oxygens (including phenoxy) is 2. The fourth-order valence-electron chi connectivity index (χ4n) is 2.62. The zero-order chi connectivity index (χ0) is 21.0. The molecular formula is C20H20N4O5. The molecule has 0 fully saturated rings. The number of amides is 1. The first kappa shape index (κ1) is 19.9. The Hall–Kier alpha value is -3.88. The number of hydrogen-bond donors (Lipinski definition) is 1. The van der Waals surface area contributed by atoms with Gasteiger partial charge in [0.15, 0.2) is 0 Å². The molecule has 1 aromatic heterocycles. The number of benzene rings is 2. The summed E-state index contributed by atoms with van der Waals surface area (Å²) in [7, 11) is 1.55. The summed E-state index contributed by atoms with van der Waals surface area (Å²) < 4.78 is 12.3. The fraction of sp³-hybridized carbons (Fsp3) is 0.200. The van der Waals surface area contributed by atoms with Gasteiger partial charge in [-0.3, -0.25) is 19.6 Å². The molecule has 1 atom stereocenters. The van der Waals surface area contributed by atoms with Gasteiger partial charge in [-0.15, -0.1) is 0 Å². The van der Waals surface area contributed by atoms with Crippen molar-refractivity contribution < 1.29 is 19.2 Å². The zero-order valence-corrected chi connectivity index (χ0v) is 16.2. The van der Waals surface area contributed by atoms with Crippen LogP contribution in [0.25, 0.3) is 0 Å². The van der Waals surface area contributed by atoms with Crippen molar-refractivity contribution in [3.8, 4) is 17.2 Å². The Morgan fingerprint density at radius 1 is 1.14 bits per heavy atom. The van der Waals surface area contributed by atoms with Crippen LogP contribution in [0.3, 0.4) is 0 Å². The Balaban J connectivity index is 1.82. The predicted molar refractivity (Wildman–Crippen MR) is 106 cm³/mol. The van der Waals surface area contributed by atoms with Crippen molar-refractivity contribution >= 4 is 17.3 Å². The van der Waals surface area contributed by atoms with Gasteiger partial charge < -0.3 is 14.8 Å². The lowest BCUT2D eigenvalue weighted by atomic mass is 10.2. The smallest absolute Gasteiger partial charge is 0.275 e. The maximum Gasteiger partial charge on any atom is 0.275 e. The minimum absolute atomic E-state index is 0.200. The van der Waals surface area contributed by atoms with Gasteiger partial charge in [-0.05, 0) is 44.2 Å². The van der Waals surface area contributed by atoms with E-state index in [9.17, 15) is 14.9 Å². The van der Waals surface area contributed by atoms with Gasteiger partial charge in [-0.25, -0.2) is 0 Å². The second-order valence-electron chi connectivity index (χ2n) is 6.35. The number of hydrogen-bond acceptors (Lipinski definition) is 6. The maximum absolute atomic E-state index is 12.5. The molecule has 1 N–H and O–H groups in total. The van der Waals surface area contributed by atoms with E-state index in [2.05, 4.69) is 10.4 Å². The van der Waals surface area contributed by atoms with Gasteiger partial charge in [0.2, 0.25) is 5.91 Å². The van der Waals surface area contributed by atoms with Crippen LogP contribution in [0.4, 0.5) is 11.4 Å². The number of rotatable bonds is 7. The standard InChI is InChI=1S/C20H20N4O5/c1-13-8-9-23(22-13)14(2)20(25)21-15-10-16(24(26)27)12-19(11-15)29-18-6-4-17(28-3)5-7-18/h4-12,14H,1-3H3,(H,21,25). The summed E-state index contributed by atoms with van der Waals surface area (Å²) in [5.41, 5.74) is 0.840. The van der Waals surface area contributed by atoms with Crippen LogP contribution >= 0.6 is 0 Å². The number of nitrogens with one attached hydrogen (secondary N) is 1. The van der Waals surface area contributed by atoms with Crippen molar-refractivity contribution in [3.63, 3.8) is 0 Å². The van der Waals surface area contributed by atoms with Gasteiger partial charge in [0.1, 0.15) is 23.3 Å². The Bertz CT molecular complexity index is 1030. The number of carbonyl (C=O) groups excluding carboxylic acids is 1. The molecule has 0 aliphatic carbocycles. The minimum Gasteiger partial charge on any atom is -0.497 e. The second kappa shape index (κ2) is 8.42. The third-order valence-corrected chi connectivity index (χ3v) is 4.18. The van der Waals surface area contributed by atoms with E-state index in [0.717, 1.165) is 5.69 Å². The van der Waals surface area contributed by atoms with Crippen LogP contribution < -0.4 is 14.8 Å². The van der Waals surface area contributed by atoms with E-state index in [1.54, 1.807) is 50.6 Å². The van der Waals surface area contributed by atoms with Crippen LogP contribution in [0.1, 0.15) is 18.7 Å². The molecule has 3 aromatic rings. The van der Waals surface area contributed by atoms with Crippen molar-refractivity contribution in [2.45, 2.75) is 19.9 Å². The number of carbonyl (C=O) groups is 1. The van der Waals surface area contributed by atoms with Crippen molar-refractivity contribution in [2.75, 3.05) is 12.4 Å². The van der Waals surface area contributed by atoms with Crippen LogP contribution in [0.5, 0.6) is 17.2 Å². The number of methoxy groups -OCH3 is 1. The molecule has 9 heteroatoms. The molecule has 0 aliphatic heterocycles. The molecule has 150 valence electrons. The highest BCUT2D eigenvalue weighted by molar-refractivity contribution is 5.94. The van der Waals surface area contributed by atoms with Gasteiger partial charge in [-0.1, -0.05) is 0 Å². The van der Waals surface area contributed by atoms with Crippen LogP contribution in [0.2, 0.25) is 0 Å². The highest BCUT2D eigenvalue weighted by atomic mass is 16.6. The van der Waals surface area contributed by atoms with Crippen molar-refractivity contribution in [3.05, 3.63) is 70.5 Å². The lowest BCUT2D eigenvalue weighted by Crippen LogP contribution is -2.24. The van der Waals surface area contributed by atoms with E-state index < -0.39 is 11.0 Å². The molecule has 3 rings (SSSR count). The zero-order valence-electron chi connectivity index (χ0n) is 16.2. The maximum atomic E-state index is 12.5. The van der Waals surface area contributed by atoms with Crippen LogP contribution in [-0.4, -0.2) is 27.7 Å². The average molecular weight is 396 g/mol. The predicted octanol–water partition coefficient (Wildman–Crippen LogP) is 4.10. The molecular weight excluding hydrogens is 376 g/mol. The molecule has 0 bridgehead atoms. The highest BCUT2D eigenvalue weighted by Crippen LogP contribution is 2.30. The first-order valence-corrected chi connectivity index (χ1v) is 8.79. The van der Waals surface area contributed by atoms with E-state index >= 15 is 0 Å². The molecule has 0 saturated heterocycles. The Morgan fingerprint density at radius 2 is 1.83 bits per heavy atom. The summed E-state index contributed by atoms with van der Waals surface area (Å²) in [6.07, 6.45) is 1.70. The number of nitrogens with zero attached hydrogens (tertiary/aromatic N) is 3. The first-order valence-electron chi connectivity index (χ1n) is 8.79. The highest BCUT2D eigenvalue weighted by Gasteiger charge is 2.18. The minimum atomic E-state index is -0.589. The molecule has 0 saturated carbocycles. The van der Waals surface area contributed by atoms with E-state index in [1.165, 1.54) is 22.9 Å². The third kappa shape index (κ3) is 4.89. The average Bonchev–Trinajstić information content (AvgIpc) is 3.14. The summed E-state index contributed by atoms with van der Waals surface area (Å²) in [5.74, 6) is 1.00. The number of aryl methyl sites for hydroxylation is 1. The quantitative estimate of drug-likeness (QED) is 0.476. The molecule has 1 unspecified atom stereocenters. The topological polar surface area (TPSA) is 109 Å². The monoisotopic (exact) mass is 396 g/mol. The van der Waals surface area contributed by atoms with Crippen molar-refractivity contribution in [1.29, 1.82) is 0 Å². The van der Waals surface area contributed by atoms with Gasteiger partial charge >= 0.3 is 0 Å². The van der Waals surface area contributed by atoms with Crippen LogP contribution in [0.15, 0.2) is 54.7 Å². The molecule has 29 heavy (non-hydrogen) atoms. The van der Waals surface area contributed by atoms with Gasteiger partial charge in [0, 0.05) is 18.3 Å². The molecule has 0 radical (unpaired) electrons. The normalized spacial score (nSPS) is 11.6. The van der Waals surface area contributed by atoms with E-state index in [1.807, 2.05) is 6.92 Å². The molecule has 0 aliphatic rings. The number of nitro benzene ring substituents is 1. The Kier molecular flexibility index (Phi) is 5.77. The largest absolute Gasteiger partial charge is 0.497 e. The Morgan fingerprint density at radius 3 is 2.41 bits per heavy atom. The van der Waals surface area contributed by atoms with Gasteiger partial charge in [-0.2, -0.15) is 5.10 Å². The van der Waals surface area contributed by atoms with Crippen LogP contribution in [0, 0.1) is 17.0 Å². The lowest BCUT2D eigenvalue weighted by Gasteiger charge is -2.14. The summed E-state index contributed by atoms with van der Waals surface area (Å²) in [6, 6.07) is 12.1. The SMILES string of the molecule is COc1ccc(Oc2cc(NC(=O)C(C)n3ccc(C)n3)cc([N+](=O)[O-])c2)cc1. The first-order chi connectivity index (χ1) is 13.9. The summed E-state index contributed by atoms with van der Waals surface area (Å²) in [4.78, 5) is 23.3. The van der Waals surface area contributed by atoms with Crippen LogP contribution in [-0.2, 0) is 4.79 Å². The molecule has 0 spiro atoms. The summed E-state index contributed by atoms with van der Waals surface area (Å²) in [5, 5.41) is 18.2. The van der Waals surface area contributed by atoms with E-state index in [0.29, 0.717) is 11.5 Å². The lowest BCUT2D eigenvalue weighted by molar-refractivity contribution is -0.384. The molecule has 1 amide bonds. The Labute approximate surface area is 167 Å². The second-order valence-corrected chi connectivity index (χ2v) is 6.35. The number of aromatic nitrogens is 2. The van der Waals surface area contributed by atoms with Gasteiger partial charge in [0.05, 0.1) is 29.5 Å². The molecule has 2 aromatic carbocycles. The molecule has 1 heterocycles. The van der Waals surface area contributed by atoms with Crippen molar-refractivity contribution in [2.24, 2.45) is 0 Å².